The first kappa shape index (κ1) is 19.5. The average molecular weight is 312 g/mol. The molecule has 1 saturated carbocycles. The van der Waals surface area contributed by atoms with Crippen molar-refractivity contribution in [3.63, 3.8) is 0 Å². The lowest BCUT2D eigenvalue weighted by atomic mass is 9.84. The molecule has 1 fully saturated rings. The summed E-state index contributed by atoms with van der Waals surface area (Å²) in [5.74, 6) is 0. The monoisotopic (exact) mass is 312 g/mol. The third-order valence-electron chi connectivity index (χ3n) is 5.51. The molecule has 130 valence electrons. The number of carbonyl (C=O) groups is 1. The molecule has 0 heterocycles. The van der Waals surface area contributed by atoms with Crippen molar-refractivity contribution in [2.45, 2.75) is 97.5 Å². The second-order valence-corrected chi connectivity index (χ2v) is 8.07. The molecule has 0 radical (unpaired) electrons. The van der Waals surface area contributed by atoms with E-state index in [1.54, 1.807) is 0 Å². The molecule has 0 aromatic rings. The highest BCUT2D eigenvalue weighted by molar-refractivity contribution is 5.37. The maximum Gasteiger partial charge on any atom is 0.293 e. The van der Waals surface area contributed by atoms with Crippen molar-refractivity contribution >= 4 is 6.47 Å². The predicted molar refractivity (Wildman–Crippen MR) is 90.7 cm³/mol. The Labute approximate surface area is 136 Å². The van der Waals surface area contributed by atoms with Gasteiger partial charge in [-0.25, -0.2) is 0 Å². The van der Waals surface area contributed by atoms with Crippen LogP contribution in [0.1, 0.15) is 91.4 Å². The molecule has 1 N–H and O–H groups in total. The minimum absolute atomic E-state index is 0.133. The van der Waals surface area contributed by atoms with Crippen LogP contribution < -0.4 is 0 Å². The summed E-state index contributed by atoms with van der Waals surface area (Å²) in [6, 6.07) is 0. The van der Waals surface area contributed by atoms with Gasteiger partial charge in [0, 0.05) is 5.41 Å². The van der Waals surface area contributed by atoms with Crippen LogP contribution in [0, 0.1) is 10.8 Å². The van der Waals surface area contributed by atoms with E-state index >= 15 is 0 Å². The number of unbranched alkanes of at least 4 members (excludes halogenated alkanes) is 2. The van der Waals surface area contributed by atoms with Gasteiger partial charge in [-0.2, -0.15) is 0 Å². The Morgan fingerprint density at radius 3 is 2.36 bits per heavy atom. The molecule has 3 nitrogen and oxygen atoms in total. The third kappa shape index (κ3) is 8.17. The first-order valence-electron chi connectivity index (χ1n) is 9.16. The van der Waals surface area contributed by atoms with Crippen LogP contribution in [0.25, 0.3) is 0 Å². The second-order valence-electron chi connectivity index (χ2n) is 8.07. The summed E-state index contributed by atoms with van der Waals surface area (Å²) < 4.78 is 4.91. The van der Waals surface area contributed by atoms with E-state index in [-0.39, 0.29) is 11.5 Å². The summed E-state index contributed by atoms with van der Waals surface area (Å²) in [6.45, 7) is 8.05. The summed E-state index contributed by atoms with van der Waals surface area (Å²) in [7, 11) is 0. The second kappa shape index (κ2) is 9.54. The lowest BCUT2D eigenvalue weighted by molar-refractivity contribution is -0.130. The molecule has 22 heavy (non-hydrogen) atoms. The Balaban J connectivity index is 1.97. The van der Waals surface area contributed by atoms with Crippen molar-refractivity contribution in [2.75, 3.05) is 6.61 Å². The Morgan fingerprint density at radius 1 is 1.18 bits per heavy atom. The molecule has 1 aliphatic carbocycles. The number of rotatable bonds is 14. The lowest BCUT2D eigenvalue weighted by Gasteiger charge is -2.22. The van der Waals surface area contributed by atoms with Gasteiger partial charge in [-0.3, -0.25) is 4.79 Å². The van der Waals surface area contributed by atoms with Crippen molar-refractivity contribution in [1.82, 2.24) is 0 Å². The van der Waals surface area contributed by atoms with Crippen molar-refractivity contribution in [2.24, 2.45) is 10.8 Å². The summed E-state index contributed by atoms with van der Waals surface area (Å²) >= 11 is 0. The van der Waals surface area contributed by atoms with Crippen molar-refractivity contribution in [3.8, 4) is 0 Å². The normalized spacial score (nSPS) is 18.0. The minimum atomic E-state index is -0.133. The number of ether oxygens (including phenoxy) is 1. The van der Waals surface area contributed by atoms with Gasteiger partial charge in [-0.15, -0.1) is 0 Å². The molecular formula is C19H36O3. The van der Waals surface area contributed by atoms with Crippen LogP contribution in [-0.4, -0.2) is 24.3 Å². The SMILES string of the molecule is CCC(C)(C)CCCCC(O)CCCCC1(COC=O)CC1. The average Bonchev–Trinajstić information content (AvgIpc) is 3.26. The maximum atomic E-state index is 10.2. The fourth-order valence-electron chi connectivity index (χ4n) is 3.04. The van der Waals surface area contributed by atoms with Crippen molar-refractivity contribution in [1.29, 1.82) is 0 Å². The topological polar surface area (TPSA) is 46.5 Å². The van der Waals surface area contributed by atoms with E-state index in [0.717, 1.165) is 38.5 Å². The Kier molecular flexibility index (Phi) is 8.45. The highest BCUT2D eigenvalue weighted by atomic mass is 16.5. The molecule has 0 spiro atoms. The van der Waals surface area contributed by atoms with Gasteiger partial charge < -0.3 is 9.84 Å². The Bertz CT molecular complexity index is 308. The first-order chi connectivity index (χ1) is 10.4. The van der Waals surface area contributed by atoms with E-state index in [2.05, 4.69) is 20.8 Å². The van der Waals surface area contributed by atoms with Crippen LogP contribution in [0.4, 0.5) is 0 Å². The lowest BCUT2D eigenvalue weighted by Crippen LogP contribution is -2.12. The standard InChI is InChI=1S/C19H36O3/c1-4-18(2,3)11-7-5-9-17(21)10-6-8-12-19(13-14-19)15-22-16-20/h16-17,21H,4-15H2,1-3H3. The Hall–Kier alpha value is -0.570. The molecule has 3 heteroatoms. The number of carbonyl (C=O) groups excluding carboxylic acids is 1. The van der Waals surface area contributed by atoms with Crippen LogP contribution in [0.3, 0.4) is 0 Å². The van der Waals surface area contributed by atoms with Crippen LogP contribution in [-0.2, 0) is 9.53 Å². The minimum Gasteiger partial charge on any atom is -0.467 e. The Morgan fingerprint density at radius 2 is 1.82 bits per heavy atom. The first-order valence-corrected chi connectivity index (χ1v) is 9.16. The van der Waals surface area contributed by atoms with Gasteiger partial charge >= 0.3 is 0 Å². The van der Waals surface area contributed by atoms with Gasteiger partial charge in [0.25, 0.3) is 6.47 Å². The van der Waals surface area contributed by atoms with Crippen LogP contribution >= 0.6 is 0 Å². The molecule has 1 atom stereocenters. The number of aliphatic hydroxyl groups excluding tert-OH is 1. The molecule has 0 bridgehead atoms. The zero-order valence-electron chi connectivity index (χ0n) is 14.9. The van der Waals surface area contributed by atoms with Crippen LogP contribution in [0.5, 0.6) is 0 Å². The van der Waals surface area contributed by atoms with E-state index < -0.39 is 0 Å². The summed E-state index contributed by atoms with van der Waals surface area (Å²) in [5.41, 5.74) is 0.741. The van der Waals surface area contributed by atoms with Gasteiger partial charge in [0.15, 0.2) is 0 Å². The highest BCUT2D eigenvalue weighted by Crippen LogP contribution is 2.50. The molecule has 0 amide bonds. The van der Waals surface area contributed by atoms with E-state index in [1.807, 2.05) is 0 Å². The highest BCUT2D eigenvalue weighted by Gasteiger charge is 2.42. The fraction of sp³-hybridized carbons (Fsp3) is 0.947. The van der Waals surface area contributed by atoms with Gasteiger partial charge in [-0.05, 0) is 43.9 Å². The molecule has 1 rings (SSSR count). The van der Waals surface area contributed by atoms with Crippen molar-refractivity contribution in [3.05, 3.63) is 0 Å². The number of aliphatic hydroxyl groups is 1. The molecule has 0 aromatic carbocycles. The molecular weight excluding hydrogens is 276 g/mol. The smallest absolute Gasteiger partial charge is 0.293 e. The molecule has 0 aliphatic heterocycles. The maximum absolute atomic E-state index is 10.2. The largest absolute Gasteiger partial charge is 0.467 e. The third-order valence-corrected chi connectivity index (χ3v) is 5.51. The van der Waals surface area contributed by atoms with Gasteiger partial charge in [-0.1, -0.05) is 52.9 Å². The van der Waals surface area contributed by atoms with Crippen LogP contribution in [0.2, 0.25) is 0 Å². The fourth-order valence-corrected chi connectivity index (χ4v) is 3.04. The molecule has 1 aliphatic rings. The predicted octanol–water partition coefficient (Wildman–Crippen LogP) is 4.86. The van der Waals surface area contributed by atoms with E-state index in [4.69, 9.17) is 4.74 Å². The van der Waals surface area contributed by atoms with E-state index in [1.165, 1.54) is 32.1 Å². The number of hydrogen-bond donors (Lipinski definition) is 1. The van der Waals surface area contributed by atoms with E-state index in [9.17, 15) is 9.90 Å². The summed E-state index contributed by atoms with van der Waals surface area (Å²) in [4.78, 5) is 10.2. The zero-order chi connectivity index (χ0) is 16.5. The zero-order valence-corrected chi connectivity index (χ0v) is 14.9. The number of hydrogen-bond acceptors (Lipinski definition) is 3. The van der Waals surface area contributed by atoms with Gasteiger partial charge in [0.05, 0.1) is 12.7 Å². The van der Waals surface area contributed by atoms with Crippen molar-refractivity contribution < 1.29 is 14.6 Å². The molecule has 0 aromatic heterocycles. The van der Waals surface area contributed by atoms with E-state index in [0.29, 0.717) is 18.5 Å². The van der Waals surface area contributed by atoms with Crippen LogP contribution in [0.15, 0.2) is 0 Å². The van der Waals surface area contributed by atoms with Gasteiger partial charge in [0.2, 0.25) is 0 Å². The summed E-state index contributed by atoms with van der Waals surface area (Å²) in [6.07, 6.45) is 12.3. The quantitative estimate of drug-likeness (QED) is 0.368. The molecule has 0 saturated heterocycles. The molecule has 1 unspecified atom stereocenters. The summed E-state index contributed by atoms with van der Waals surface area (Å²) in [5, 5.41) is 10.1. The van der Waals surface area contributed by atoms with Gasteiger partial charge in [0.1, 0.15) is 0 Å².